The van der Waals surface area contributed by atoms with E-state index < -0.39 is 6.09 Å². The highest BCUT2D eigenvalue weighted by Crippen LogP contribution is 2.28. The van der Waals surface area contributed by atoms with E-state index in [4.69, 9.17) is 15.2 Å². The maximum atomic E-state index is 13.1. The third-order valence-corrected chi connectivity index (χ3v) is 5.65. The predicted octanol–water partition coefficient (Wildman–Crippen LogP) is 3.96. The second-order valence-corrected chi connectivity index (χ2v) is 7.84. The molecule has 3 aromatic rings. The Labute approximate surface area is 187 Å². The molecule has 166 valence electrons. The quantitative estimate of drug-likeness (QED) is 0.627. The first-order valence-corrected chi connectivity index (χ1v) is 10.7. The number of anilines is 1. The summed E-state index contributed by atoms with van der Waals surface area (Å²) in [4.78, 5) is 27.6. The highest BCUT2D eigenvalue weighted by atomic mass is 16.6. The van der Waals surface area contributed by atoms with Gasteiger partial charge in [-0.15, -0.1) is 0 Å². The van der Waals surface area contributed by atoms with E-state index in [2.05, 4.69) is 15.0 Å². The Morgan fingerprint density at radius 2 is 1.66 bits per heavy atom. The smallest absolute Gasteiger partial charge is 0.416 e. The number of benzene rings is 1. The van der Waals surface area contributed by atoms with Gasteiger partial charge in [-0.1, -0.05) is 30.3 Å². The average molecular weight is 434 g/mol. The van der Waals surface area contributed by atoms with Gasteiger partial charge in [-0.25, -0.2) is 19.7 Å². The third kappa shape index (κ3) is 5.20. The monoisotopic (exact) mass is 433 g/mol. The van der Waals surface area contributed by atoms with Crippen molar-refractivity contribution in [1.82, 2.24) is 15.0 Å². The van der Waals surface area contributed by atoms with Gasteiger partial charge in [0.05, 0.1) is 7.11 Å². The molecule has 2 heterocycles. The molecular weight excluding hydrogens is 406 g/mol. The fourth-order valence-electron chi connectivity index (χ4n) is 3.85. The highest BCUT2D eigenvalue weighted by Gasteiger charge is 2.31. The number of nitrogens with two attached hydrogens (primary N) is 1. The van der Waals surface area contributed by atoms with Gasteiger partial charge in [0.2, 0.25) is 0 Å². The van der Waals surface area contributed by atoms with Crippen LogP contribution in [0.15, 0.2) is 61.1 Å². The van der Waals surface area contributed by atoms with Gasteiger partial charge in [0, 0.05) is 41.8 Å². The lowest BCUT2D eigenvalue weighted by Crippen LogP contribution is -2.45. The van der Waals surface area contributed by atoms with Crippen LogP contribution < -0.4 is 15.4 Å². The zero-order valence-electron chi connectivity index (χ0n) is 18.1. The summed E-state index contributed by atoms with van der Waals surface area (Å²) in [5, 5.41) is 0. The van der Waals surface area contributed by atoms with E-state index in [1.165, 1.54) is 7.11 Å². The van der Waals surface area contributed by atoms with E-state index in [9.17, 15) is 4.79 Å². The SMILES string of the molecule is COc1ncc(-c2ccc(N(C(=O)OCc3ccccc3)[C@H]3CC[C@H](N)CC3)nc2)cn1. The summed E-state index contributed by atoms with van der Waals surface area (Å²) in [6.45, 7) is 0.212. The first-order valence-electron chi connectivity index (χ1n) is 10.7. The van der Waals surface area contributed by atoms with Crippen molar-refractivity contribution in [2.24, 2.45) is 5.73 Å². The maximum absolute atomic E-state index is 13.1. The molecule has 2 N–H and O–H groups in total. The van der Waals surface area contributed by atoms with Crippen LogP contribution in [0.2, 0.25) is 0 Å². The van der Waals surface area contributed by atoms with Crippen molar-refractivity contribution >= 4 is 11.9 Å². The van der Waals surface area contributed by atoms with Gasteiger partial charge in [0.25, 0.3) is 0 Å². The predicted molar refractivity (Wildman–Crippen MR) is 121 cm³/mol. The lowest BCUT2D eigenvalue weighted by molar-refractivity contribution is 0.142. The topological polar surface area (TPSA) is 103 Å². The van der Waals surface area contributed by atoms with Gasteiger partial charge in [-0.05, 0) is 43.4 Å². The number of aromatic nitrogens is 3. The van der Waals surface area contributed by atoms with Crippen molar-refractivity contribution in [2.75, 3.05) is 12.0 Å². The van der Waals surface area contributed by atoms with Crippen LogP contribution in [0.4, 0.5) is 10.6 Å². The van der Waals surface area contributed by atoms with Gasteiger partial charge in [-0.2, -0.15) is 0 Å². The van der Waals surface area contributed by atoms with Crippen molar-refractivity contribution in [3.05, 3.63) is 66.6 Å². The molecule has 8 nitrogen and oxygen atoms in total. The molecule has 0 radical (unpaired) electrons. The molecule has 0 aliphatic heterocycles. The number of carbonyl (C=O) groups is 1. The molecule has 1 fully saturated rings. The molecule has 8 heteroatoms. The van der Waals surface area contributed by atoms with Crippen molar-refractivity contribution < 1.29 is 14.3 Å². The molecule has 2 aromatic heterocycles. The molecule has 0 bridgehead atoms. The normalized spacial score (nSPS) is 18.1. The summed E-state index contributed by atoms with van der Waals surface area (Å²) in [6, 6.07) is 13.9. The number of ether oxygens (including phenoxy) is 2. The first kappa shape index (κ1) is 21.7. The van der Waals surface area contributed by atoms with Crippen LogP contribution in [0.3, 0.4) is 0 Å². The Hall–Kier alpha value is -3.52. The molecule has 1 amide bonds. The average Bonchev–Trinajstić information content (AvgIpc) is 2.85. The van der Waals surface area contributed by atoms with Crippen LogP contribution in [0.1, 0.15) is 31.2 Å². The lowest BCUT2D eigenvalue weighted by atomic mass is 9.91. The van der Waals surface area contributed by atoms with Gasteiger partial charge in [-0.3, -0.25) is 4.90 Å². The Balaban J connectivity index is 1.53. The molecule has 1 aromatic carbocycles. The lowest BCUT2D eigenvalue weighted by Gasteiger charge is -2.34. The zero-order valence-corrected chi connectivity index (χ0v) is 18.1. The summed E-state index contributed by atoms with van der Waals surface area (Å²) in [7, 11) is 1.52. The maximum Gasteiger partial charge on any atom is 0.416 e. The number of methoxy groups -OCH3 is 1. The largest absolute Gasteiger partial charge is 0.467 e. The number of hydrogen-bond donors (Lipinski definition) is 1. The summed E-state index contributed by atoms with van der Waals surface area (Å²) >= 11 is 0. The number of carbonyl (C=O) groups excluding carboxylic acids is 1. The van der Waals surface area contributed by atoms with Crippen LogP contribution in [0, 0.1) is 0 Å². The zero-order chi connectivity index (χ0) is 22.3. The first-order chi connectivity index (χ1) is 15.6. The van der Waals surface area contributed by atoms with Crippen LogP contribution in [0.25, 0.3) is 11.1 Å². The van der Waals surface area contributed by atoms with Crippen molar-refractivity contribution in [2.45, 2.75) is 44.4 Å². The molecule has 32 heavy (non-hydrogen) atoms. The Morgan fingerprint density at radius 3 is 2.28 bits per heavy atom. The van der Waals surface area contributed by atoms with Gasteiger partial charge >= 0.3 is 12.1 Å². The Kier molecular flexibility index (Phi) is 6.91. The second kappa shape index (κ2) is 10.2. The van der Waals surface area contributed by atoms with E-state index in [0.717, 1.165) is 42.4 Å². The van der Waals surface area contributed by atoms with Crippen LogP contribution in [0.5, 0.6) is 6.01 Å². The van der Waals surface area contributed by atoms with E-state index in [1.54, 1.807) is 23.5 Å². The fraction of sp³-hybridized carbons (Fsp3) is 0.333. The molecule has 0 saturated heterocycles. The minimum Gasteiger partial charge on any atom is -0.467 e. The molecular formula is C24H27N5O3. The van der Waals surface area contributed by atoms with Crippen LogP contribution in [-0.4, -0.2) is 40.2 Å². The van der Waals surface area contributed by atoms with Crippen LogP contribution >= 0.6 is 0 Å². The van der Waals surface area contributed by atoms with Gasteiger partial charge < -0.3 is 15.2 Å². The van der Waals surface area contributed by atoms with E-state index in [-0.39, 0.29) is 18.7 Å². The highest BCUT2D eigenvalue weighted by molar-refractivity contribution is 5.87. The molecule has 1 saturated carbocycles. The van der Waals surface area contributed by atoms with Gasteiger partial charge in [0.15, 0.2) is 0 Å². The standard InChI is InChI=1S/C24H27N5O3/c1-31-23-27-14-19(15-28-23)18-7-12-22(26-13-18)29(21-10-8-20(25)9-11-21)24(30)32-16-17-5-3-2-4-6-17/h2-7,12-15,20-21H,8-11,16,25H2,1H3/t20-,21-. The van der Waals surface area contributed by atoms with E-state index in [0.29, 0.717) is 11.8 Å². The summed E-state index contributed by atoms with van der Waals surface area (Å²) in [5.41, 5.74) is 8.68. The molecule has 0 unspecified atom stereocenters. The van der Waals surface area contributed by atoms with Crippen molar-refractivity contribution in [3.63, 3.8) is 0 Å². The number of hydrogen-bond acceptors (Lipinski definition) is 7. The summed E-state index contributed by atoms with van der Waals surface area (Å²) < 4.78 is 10.7. The molecule has 1 aliphatic carbocycles. The molecule has 0 spiro atoms. The number of nitrogens with zero attached hydrogens (tertiary/aromatic N) is 4. The summed E-state index contributed by atoms with van der Waals surface area (Å²) in [6.07, 6.45) is 8.04. The second-order valence-electron chi connectivity index (χ2n) is 7.84. The van der Waals surface area contributed by atoms with E-state index >= 15 is 0 Å². The van der Waals surface area contributed by atoms with Crippen molar-refractivity contribution in [1.29, 1.82) is 0 Å². The molecule has 0 atom stereocenters. The van der Waals surface area contributed by atoms with Crippen LogP contribution in [-0.2, 0) is 11.3 Å². The molecule has 4 rings (SSSR count). The fourth-order valence-corrected chi connectivity index (χ4v) is 3.85. The molecule has 1 aliphatic rings. The Morgan fingerprint density at radius 1 is 0.969 bits per heavy atom. The number of pyridine rings is 1. The number of amides is 1. The Bertz CT molecular complexity index is 1000. The number of rotatable bonds is 6. The van der Waals surface area contributed by atoms with Gasteiger partial charge in [0.1, 0.15) is 12.4 Å². The third-order valence-electron chi connectivity index (χ3n) is 5.65. The summed E-state index contributed by atoms with van der Waals surface area (Å²) in [5.74, 6) is 0.557. The minimum atomic E-state index is -0.401. The minimum absolute atomic E-state index is 0.000688. The van der Waals surface area contributed by atoms with Crippen molar-refractivity contribution in [3.8, 4) is 17.1 Å². The van der Waals surface area contributed by atoms with E-state index in [1.807, 2.05) is 42.5 Å².